The van der Waals surface area contributed by atoms with Crippen molar-refractivity contribution in [1.29, 1.82) is 5.26 Å². The first-order valence-electron chi connectivity index (χ1n) is 7.48. The number of halogens is 1. The van der Waals surface area contributed by atoms with E-state index in [0.717, 1.165) is 24.0 Å². The second-order valence-corrected chi connectivity index (χ2v) is 6.93. The number of fused-ring (bicyclic) bond motifs is 1. The van der Waals surface area contributed by atoms with E-state index in [-0.39, 0.29) is 11.7 Å². The molecule has 0 aliphatic heterocycles. The highest BCUT2D eigenvalue weighted by Gasteiger charge is 2.34. The first kappa shape index (κ1) is 15.0. The number of hydrogen-bond donors (Lipinski definition) is 1. The third-order valence-corrected chi connectivity index (χ3v) is 5.64. The van der Waals surface area contributed by atoms with Gasteiger partial charge in [0.15, 0.2) is 0 Å². The normalized spacial score (nSPS) is 17.1. The first-order chi connectivity index (χ1) is 10.6. The number of nitrogens with zero attached hydrogens (tertiary/aromatic N) is 1. The van der Waals surface area contributed by atoms with Gasteiger partial charge in [0.1, 0.15) is 11.4 Å². The van der Waals surface area contributed by atoms with Gasteiger partial charge in [-0.3, -0.25) is 4.79 Å². The van der Waals surface area contributed by atoms with Gasteiger partial charge in [-0.1, -0.05) is 25.3 Å². The maximum atomic E-state index is 13.9. The average molecular weight is 316 g/mol. The number of rotatable bonds is 2. The van der Waals surface area contributed by atoms with E-state index in [1.54, 1.807) is 13.0 Å². The Labute approximate surface area is 132 Å². The Balaban J connectivity index is 1.94. The van der Waals surface area contributed by atoms with Gasteiger partial charge in [-0.2, -0.15) is 5.26 Å². The van der Waals surface area contributed by atoms with E-state index < -0.39 is 5.54 Å². The summed E-state index contributed by atoms with van der Waals surface area (Å²) in [5.74, 6) is -0.570. The lowest BCUT2D eigenvalue weighted by atomic mass is 9.83. The Morgan fingerprint density at radius 3 is 2.73 bits per heavy atom. The van der Waals surface area contributed by atoms with Crippen LogP contribution in [0, 0.1) is 24.1 Å². The maximum absolute atomic E-state index is 13.9. The molecule has 1 aromatic heterocycles. The fourth-order valence-electron chi connectivity index (χ4n) is 3.16. The Hall–Kier alpha value is -1.93. The molecule has 1 aliphatic rings. The molecule has 0 saturated heterocycles. The quantitative estimate of drug-likeness (QED) is 0.898. The molecule has 0 atom stereocenters. The summed E-state index contributed by atoms with van der Waals surface area (Å²) in [6, 6.07) is 7.14. The number of nitrogens with one attached hydrogen (secondary N) is 1. The molecule has 1 fully saturated rings. The minimum absolute atomic E-state index is 0.262. The van der Waals surface area contributed by atoms with E-state index in [9.17, 15) is 14.4 Å². The van der Waals surface area contributed by atoms with Crippen LogP contribution >= 0.6 is 11.3 Å². The summed E-state index contributed by atoms with van der Waals surface area (Å²) < 4.78 is 14.7. The highest BCUT2D eigenvalue weighted by molar-refractivity contribution is 7.21. The number of amides is 1. The minimum atomic E-state index is -0.767. The predicted octanol–water partition coefficient (Wildman–Crippen LogP) is 4.31. The van der Waals surface area contributed by atoms with E-state index in [1.165, 1.54) is 17.4 Å². The van der Waals surface area contributed by atoms with Crippen molar-refractivity contribution < 1.29 is 9.18 Å². The Morgan fingerprint density at radius 2 is 2.09 bits per heavy atom. The highest BCUT2D eigenvalue weighted by Crippen LogP contribution is 2.34. The van der Waals surface area contributed by atoms with Crippen LogP contribution in [-0.2, 0) is 0 Å². The molecule has 1 amide bonds. The van der Waals surface area contributed by atoms with E-state index in [0.29, 0.717) is 28.7 Å². The summed E-state index contributed by atoms with van der Waals surface area (Å²) in [7, 11) is 0. The third kappa shape index (κ3) is 2.48. The molecule has 2 aromatic rings. The number of aryl methyl sites for hydroxylation is 1. The van der Waals surface area contributed by atoms with E-state index in [2.05, 4.69) is 11.4 Å². The first-order valence-corrected chi connectivity index (χ1v) is 8.29. The lowest BCUT2D eigenvalue weighted by molar-refractivity contribution is 0.0906. The fraction of sp³-hybridized carbons (Fsp3) is 0.412. The number of carbonyl (C=O) groups is 1. The molecule has 3 nitrogen and oxygen atoms in total. The average Bonchev–Trinajstić information content (AvgIpc) is 2.87. The van der Waals surface area contributed by atoms with Crippen LogP contribution in [0.15, 0.2) is 18.2 Å². The summed E-state index contributed by atoms with van der Waals surface area (Å²) in [6.07, 6.45) is 4.38. The molecule has 1 aromatic carbocycles. The van der Waals surface area contributed by atoms with Crippen LogP contribution in [0.3, 0.4) is 0 Å². The zero-order chi connectivity index (χ0) is 15.7. The second kappa shape index (κ2) is 5.69. The summed E-state index contributed by atoms with van der Waals surface area (Å²) in [5.41, 5.74) is -0.115. The van der Waals surface area contributed by atoms with Crippen LogP contribution in [0.25, 0.3) is 10.1 Å². The van der Waals surface area contributed by atoms with Crippen molar-refractivity contribution in [2.45, 2.75) is 44.6 Å². The molecular formula is C17H17FN2OS. The standard InChI is InChI=1S/C17H17FN2OS/c1-11-14-12(18)6-5-7-13(14)22-15(11)16(21)20-17(10-19)8-3-2-4-9-17/h5-7H,2-4,8-9H2,1H3,(H,20,21). The zero-order valence-corrected chi connectivity index (χ0v) is 13.2. The fourth-order valence-corrected chi connectivity index (χ4v) is 4.28. The smallest absolute Gasteiger partial charge is 0.262 e. The topological polar surface area (TPSA) is 52.9 Å². The molecule has 114 valence electrons. The van der Waals surface area contributed by atoms with Crippen molar-refractivity contribution in [1.82, 2.24) is 5.32 Å². The maximum Gasteiger partial charge on any atom is 0.262 e. The Kier molecular flexibility index (Phi) is 3.88. The van der Waals surface area contributed by atoms with Gasteiger partial charge in [0, 0.05) is 10.1 Å². The van der Waals surface area contributed by atoms with Crippen molar-refractivity contribution in [3.05, 3.63) is 34.5 Å². The molecule has 22 heavy (non-hydrogen) atoms. The van der Waals surface area contributed by atoms with E-state index in [1.807, 2.05) is 6.07 Å². The molecule has 0 unspecified atom stereocenters. The number of carbonyl (C=O) groups excluding carboxylic acids is 1. The summed E-state index contributed by atoms with van der Waals surface area (Å²) in [5, 5.41) is 12.9. The molecule has 0 radical (unpaired) electrons. The number of hydrogen-bond acceptors (Lipinski definition) is 3. The van der Waals surface area contributed by atoms with Gasteiger partial charge in [0.05, 0.1) is 10.9 Å². The monoisotopic (exact) mass is 316 g/mol. The van der Waals surface area contributed by atoms with Crippen LogP contribution < -0.4 is 5.32 Å². The van der Waals surface area contributed by atoms with Crippen LogP contribution in [0.1, 0.15) is 47.3 Å². The molecule has 0 bridgehead atoms. The van der Waals surface area contributed by atoms with Crippen LogP contribution in [0.5, 0.6) is 0 Å². The van der Waals surface area contributed by atoms with Gasteiger partial charge in [-0.15, -0.1) is 11.3 Å². The number of benzene rings is 1. The van der Waals surface area contributed by atoms with Gasteiger partial charge in [0.25, 0.3) is 5.91 Å². The van der Waals surface area contributed by atoms with E-state index >= 15 is 0 Å². The van der Waals surface area contributed by atoms with Crippen molar-refractivity contribution in [3.8, 4) is 6.07 Å². The van der Waals surface area contributed by atoms with Crippen molar-refractivity contribution in [2.24, 2.45) is 0 Å². The zero-order valence-electron chi connectivity index (χ0n) is 12.4. The number of thiophene rings is 1. The van der Waals surface area contributed by atoms with Crippen LogP contribution in [0.4, 0.5) is 4.39 Å². The van der Waals surface area contributed by atoms with Gasteiger partial charge in [0.2, 0.25) is 0 Å². The molecular weight excluding hydrogens is 299 g/mol. The molecule has 1 heterocycles. The molecule has 0 spiro atoms. The van der Waals surface area contributed by atoms with Gasteiger partial charge in [-0.05, 0) is 37.5 Å². The molecule has 3 rings (SSSR count). The Morgan fingerprint density at radius 1 is 1.36 bits per heavy atom. The minimum Gasteiger partial charge on any atom is -0.333 e. The second-order valence-electron chi connectivity index (χ2n) is 5.88. The lowest BCUT2D eigenvalue weighted by Crippen LogP contribution is -2.48. The van der Waals surface area contributed by atoms with Gasteiger partial charge >= 0.3 is 0 Å². The molecule has 5 heteroatoms. The third-order valence-electron chi connectivity index (χ3n) is 4.38. The molecule has 1 saturated carbocycles. The van der Waals surface area contributed by atoms with Crippen molar-refractivity contribution in [2.75, 3.05) is 0 Å². The van der Waals surface area contributed by atoms with Crippen molar-refractivity contribution in [3.63, 3.8) is 0 Å². The van der Waals surface area contributed by atoms with Crippen LogP contribution in [-0.4, -0.2) is 11.4 Å². The van der Waals surface area contributed by atoms with Crippen LogP contribution in [0.2, 0.25) is 0 Å². The predicted molar refractivity (Wildman–Crippen MR) is 85.4 cm³/mol. The van der Waals surface area contributed by atoms with Gasteiger partial charge in [-0.25, -0.2) is 4.39 Å². The summed E-state index contributed by atoms with van der Waals surface area (Å²) in [6.45, 7) is 1.76. The highest BCUT2D eigenvalue weighted by atomic mass is 32.1. The van der Waals surface area contributed by atoms with Gasteiger partial charge < -0.3 is 5.32 Å². The lowest BCUT2D eigenvalue weighted by Gasteiger charge is -2.31. The summed E-state index contributed by atoms with van der Waals surface area (Å²) >= 11 is 1.28. The molecule has 1 aliphatic carbocycles. The molecule has 1 N–H and O–H groups in total. The SMILES string of the molecule is Cc1c(C(=O)NC2(C#N)CCCCC2)sc2cccc(F)c12. The number of nitriles is 1. The largest absolute Gasteiger partial charge is 0.333 e. The Bertz CT molecular complexity index is 769. The van der Waals surface area contributed by atoms with E-state index in [4.69, 9.17) is 0 Å². The summed E-state index contributed by atoms with van der Waals surface area (Å²) in [4.78, 5) is 13.1. The van der Waals surface area contributed by atoms with Crippen molar-refractivity contribution >= 4 is 27.3 Å².